The van der Waals surface area contributed by atoms with E-state index in [0.717, 1.165) is 5.56 Å². The number of hydrogen-bond donors (Lipinski definition) is 2. The van der Waals surface area contributed by atoms with E-state index in [2.05, 4.69) is 20.4 Å². The molecule has 0 saturated carbocycles. The third kappa shape index (κ3) is 4.73. The number of halogens is 2. The molecule has 1 aliphatic heterocycles. The van der Waals surface area contributed by atoms with Crippen molar-refractivity contribution in [3.8, 4) is 5.75 Å². The summed E-state index contributed by atoms with van der Waals surface area (Å²) in [6.45, 7) is -0.416. The molecule has 1 heterocycles. The summed E-state index contributed by atoms with van der Waals surface area (Å²) in [5.74, 6) is -0.163. The van der Waals surface area contributed by atoms with Crippen LogP contribution in [0.15, 0.2) is 47.5 Å². The lowest BCUT2D eigenvalue weighted by Gasteiger charge is -2.17. The highest BCUT2D eigenvalue weighted by molar-refractivity contribution is 6.21. The van der Waals surface area contributed by atoms with Crippen molar-refractivity contribution >= 4 is 17.8 Å². The SMILES string of the molecule is CN=C(NCCN1C(=O)c2ccccc2C1=O)NCc1cc(C)ccc1OC(F)F. The highest BCUT2D eigenvalue weighted by Crippen LogP contribution is 2.23. The number of carbonyl (C=O) groups excluding carboxylic acids is 2. The Bertz CT molecular complexity index is 943. The number of amides is 2. The molecule has 0 radical (unpaired) electrons. The molecule has 158 valence electrons. The molecule has 7 nitrogen and oxygen atoms in total. The number of hydrogen-bond acceptors (Lipinski definition) is 4. The number of imide groups is 1. The number of aliphatic imine (C=N–C) groups is 1. The number of guanidine groups is 1. The van der Waals surface area contributed by atoms with E-state index in [1.165, 1.54) is 11.0 Å². The normalized spacial score (nSPS) is 13.6. The first-order valence-electron chi connectivity index (χ1n) is 9.34. The molecule has 0 aliphatic carbocycles. The molecular formula is C21H22F2N4O3. The number of fused-ring (bicyclic) bond motifs is 1. The molecule has 3 rings (SSSR count). The van der Waals surface area contributed by atoms with Gasteiger partial charge in [-0.15, -0.1) is 0 Å². The van der Waals surface area contributed by atoms with E-state index in [-0.39, 0.29) is 37.2 Å². The molecule has 2 amide bonds. The Morgan fingerprint density at radius 1 is 1.10 bits per heavy atom. The molecule has 2 aromatic carbocycles. The molecule has 2 N–H and O–H groups in total. The summed E-state index contributed by atoms with van der Waals surface area (Å²) in [5.41, 5.74) is 2.26. The number of nitrogens with one attached hydrogen (secondary N) is 2. The maximum absolute atomic E-state index is 12.6. The number of benzene rings is 2. The van der Waals surface area contributed by atoms with Crippen LogP contribution in [0, 0.1) is 6.92 Å². The van der Waals surface area contributed by atoms with Crippen LogP contribution in [0.2, 0.25) is 0 Å². The van der Waals surface area contributed by atoms with Gasteiger partial charge in [0.25, 0.3) is 11.8 Å². The summed E-state index contributed by atoms with van der Waals surface area (Å²) in [5, 5.41) is 6.03. The topological polar surface area (TPSA) is 83.0 Å². The van der Waals surface area contributed by atoms with Gasteiger partial charge in [-0.1, -0.05) is 29.8 Å². The molecule has 0 bridgehead atoms. The van der Waals surface area contributed by atoms with Gasteiger partial charge in [0.1, 0.15) is 5.75 Å². The summed E-state index contributed by atoms with van der Waals surface area (Å²) >= 11 is 0. The van der Waals surface area contributed by atoms with E-state index in [0.29, 0.717) is 22.6 Å². The molecule has 9 heteroatoms. The Kier molecular flexibility index (Phi) is 6.61. The minimum Gasteiger partial charge on any atom is -0.434 e. The second-order valence-electron chi connectivity index (χ2n) is 6.65. The van der Waals surface area contributed by atoms with Gasteiger partial charge in [0.2, 0.25) is 0 Å². The van der Waals surface area contributed by atoms with Crippen molar-refractivity contribution < 1.29 is 23.1 Å². The summed E-state index contributed by atoms with van der Waals surface area (Å²) in [6, 6.07) is 11.6. The highest BCUT2D eigenvalue weighted by atomic mass is 19.3. The third-order valence-corrected chi connectivity index (χ3v) is 4.61. The van der Waals surface area contributed by atoms with Crippen LogP contribution in [-0.4, -0.2) is 49.4 Å². The summed E-state index contributed by atoms with van der Waals surface area (Å²) in [4.78, 5) is 30.0. The summed E-state index contributed by atoms with van der Waals surface area (Å²) in [6.07, 6.45) is 0. The maximum Gasteiger partial charge on any atom is 0.387 e. The van der Waals surface area contributed by atoms with Gasteiger partial charge in [0, 0.05) is 32.2 Å². The first-order chi connectivity index (χ1) is 14.4. The molecule has 30 heavy (non-hydrogen) atoms. The fourth-order valence-corrected chi connectivity index (χ4v) is 3.19. The first-order valence-corrected chi connectivity index (χ1v) is 9.34. The van der Waals surface area contributed by atoms with Gasteiger partial charge in [0.05, 0.1) is 11.1 Å². The average Bonchev–Trinajstić information content (AvgIpc) is 2.97. The lowest BCUT2D eigenvalue weighted by molar-refractivity contribution is -0.0504. The van der Waals surface area contributed by atoms with Crippen molar-refractivity contribution in [2.24, 2.45) is 4.99 Å². The van der Waals surface area contributed by atoms with Gasteiger partial charge >= 0.3 is 6.61 Å². The van der Waals surface area contributed by atoms with Crippen LogP contribution in [-0.2, 0) is 6.54 Å². The number of alkyl halides is 2. The van der Waals surface area contributed by atoms with Crippen molar-refractivity contribution in [3.63, 3.8) is 0 Å². The van der Waals surface area contributed by atoms with E-state index < -0.39 is 6.61 Å². The van der Waals surface area contributed by atoms with Gasteiger partial charge in [-0.25, -0.2) is 0 Å². The predicted molar refractivity (Wildman–Crippen MR) is 108 cm³/mol. The zero-order valence-electron chi connectivity index (χ0n) is 16.6. The molecule has 0 unspecified atom stereocenters. The van der Waals surface area contributed by atoms with E-state index >= 15 is 0 Å². The van der Waals surface area contributed by atoms with E-state index in [1.807, 2.05) is 6.92 Å². The van der Waals surface area contributed by atoms with Crippen LogP contribution in [0.3, 0.4) is 0 Å². The molecule has 0 fully saturated rings. The number of nitrogens with zero attached hydrogens (tertiary/aromatic N) is 2. The first kappa shape index (κ1) is 21.2. The fourth-order valence-electron chi connectivity index (χ4n) is 3.19. The standard InChI is InChI=1S/C21H22F2N4O3/c1-13-7-8-17(30-20(22)23)14(11-13)12-26-21(24-2)25-9-10-27-18(28)15-5-3-4-6-16(15)19(27)29/h3-8,11,20H,9-10,12H2,1-2H3,(H2,24,25,26). The van der Waals surface area contributed by atoms with E-state index in [9.17, 15) is 18.4 Å². The van der Waals surface area contributed by atoms with Crippen molar-refractivity contribution in [3.05, 3.63) is 64.7 Å². The van der Waals surface area contributed by atoms with Crippen molar-refractivity contribution in [2.45, 2.75) is 20.1 Å². The van der Waals surface area contributed by atoms with Crippen molar-refractivity contribution in [1.82, 2.24) is 15.5 Å². The molecule has 0 atom stereocenters. The third-order valence-electron chi connectivity index (χ3n) is 4.61. The molecule has 2 aromatic rings. The number of ether oxygens (including phenoxy) is 1. The lowest BCUT2D eigenvalue weighted by Crippen LogP contribution is -2.42. The van der Waals surface area contributed by atoms with Crippen LogP contribution >= 0.6 is 0 Å². The lowest BCUT2D eigenvalue weighted by atomic mass is 10.1. The highest BCUT2D eigenvalue weighted by Gasteiger charge is 2.34. The quantitative estimate of drug-likeness (QED) is 0.412. The Balaban J connectivity index is 1.55. The monoisotopic (exact) mass is 416 g/mol. The average molecular weight is 416 g/mol. The van der Waals surface area contributed by atoms with Gasteiger partial charge < -0.3 is 15.4 Å². The Morgan fingerprint density at radius 3 is 2.37 bits per heavy atom. The number of carbonyl (C=O) groups is 2. The van der Waals surface area contributed by atoms with Crippen LogP contribution in [0.1, 0.15) is 31.8 Å². The number of rotatable bonds is 7. The Morgan fingerprint density at radius 2 is 1.77 bits per heavy atom. The maximum atomic E-state index is 12.6. The van der Waals surface area contributed by atoms with Gasteiger partial charge in [0.15, 0.2) is 5.96 Å². The van der Waals surface area contributed by atoms with Crippen LogP contribution in [0.4, 0.5) is 8.78 Å². The molecular weight excluding hydrogens is 394 g/mol. The zero-order valence-corrected chi connectivity index (χ0v) is 16.6. The minimum absolute atomic E-state index is 0.0876. The van der Waals surface area contributed by atoms with Crippen LogP contribution in [0.25, 0.3) is 0 Å². The van der Waals surface area contributed by atoms with E-state index in [4.69, 9.17) is 0 Å². The van der Waals surface area contributed by atoms with Gasteiger partial charge in [-0.2, -0.15) is 8.78 Å². The van der Waals surface area contributed by atoms with Gasteiger partial charge in [-0.05, 0) is 25.1 Å². The van der Waals surface area contributed by atoms with Crippen LogP contribution < -0.4 is 15.4 Å². The molecule has 0 spiro atoms. The molecule has 0 saturated heterocycles. The largest absolute Gasteiger partial charge is 0.434 e. The Hall–Kier alpha value is -3.49. The zero-order chi connectivity index (χ0) is 21.7. The minimum atomic E-state index is -2.91. The second-order valence-corrected chi connectivity index (χ2v) is 6.65. The van der Waals surface area contributed by atoms with E-state index in [1.54, 1.807) is 43.4 Å². The summed E-state index contributed by atoms with van der Waals surface area (Å²) < 4.78 is 29.8. The van der Waals surface area contributed by atoms with Crippen molar-refractivity contribution in [2.75, 3.05) is 20.1 Å². The van der Waals surface area contributed by atoms with Crippen LogP contribution in [0.5, 0.6) is 5.75 Å². The van der Waals surface area contributed by atoms with Gasteiger partial charge in [-0.3, -0.25) is 19.5 Å². The molecule has 0 aromatic heterocycles. The Labute approximate surface area is 172 Å². The van der Waals surface area contributed by atoms with Crippen molar-refractivity contribution in [1.29, 1.82) is 0 Å². The predicted octanol–water partition coefficient (Wildman–Crippen LogP) is 2.56. The number of aryl methyl sites for hydroxylation is 1. The fraction of sp³-hybridized carbons (Fsp3) is 0.286. The summed E-state index contributed by atoms with van der Waals surface area (Å²) in [7, 11) is 1.56. The molecule has 1 aliphatic rings. The second kappa shape index (κ2) is 9.34. The smallest absolute Gasteiger partial charge is 0.387 e.